The van der Waals surface area contributed by atoms with Gasteiger partial charge in [-0.1, -0.05) is 17.7 Å². The smallest absolute Gasteiger partial charge is 0.348 e. The molecule has 0 aliphatic carbocycles. The number of rotatable bonds is 5. The fraction of sp³-hybridized carbons (Fsp3) is 0.611. The molecule has 0 spiro atoms. The van der Waals surface area contributed by atoms with Gasteiger partial charge < -0.3 is 19.5 Å². The Hall–Kier alpha value is -1.59. The quantitative estimate of drug-likeness (QED) is 0.902. The highest BCUT2D eigenvalue weighted by Crippen LogP contribution is 2.30. The van der Waals surface area contributed by atoms with Crippen LogP contribution in [0.2, 0.25) is 0 Å². The Morgan fingerprint density at radius 3 is 2.61 bits per heavy atom. The highest BCUT2D eigenvalue weighted by atomic mass is 16.5. The molecule has 0 radical (unpaired) electrons. The maximum absolute atomic E-state index is 11.8. The molecule has 0 aromatic heterocycles. The second kappa shape index (κ2) is 6.89. The van der Waals surface area contributed by atoms with E-state index in [2.05, 4.69) is 4.90 Å². The Labute approximate surface area is 137 Å². The SMILES string of the molecule is Cc1ccc(OC2(C(=O)O)CCN(C[C@@H]3CCOC3)CC2)cc1. The van der Waals surface area contributed by atoms with Crippen LogP contribution in [0, 0.1) is 12.8 Å². The molecule has 1 atom stereocenters. The number of piperidine rings is 1. The summed E-state index contributed by atoms with van der Waals surface area (Å²) in [5.74, 6) is 0.364. The van der Waals surface area contributed by atoms with Crippen LogP contribution in [0.25, 0.3) is 0 Å². The molecule has 1 aromatic carbocycles. The van der Waals surface area contributed by atoms with Crippen molar-refractivity contribution in [2.24, 2.45) is 5.92 Å². The summed E-state index contributed by atoms with van der Waals surface area (Å²) < 4.78 is 11.3. The average Bonchev–Trinajstić information content (AvgIpc) is 3.04. The van der Waals surface area contributed by atoms with Crippen molar-refractivity contribution in [3.05, 3.63) is 29.8 Å². The zero-order valence-corrected chi connectivity index (χ0v) is 13.7. The number of hydrogen-bond donors (Lipinski definition) is 1. The fourth-order valence-corrected chi connectivity index (χ4v) is 3.38. The zero-order chi connectivity index (χ0) is 16.3. The largest absolute Gasteiger partial charge is 0.478 e. The first-order chi connectivity index (χ1) is 11.1. The number of hydrogen-bond acceptors (Lipinski definition) is 4. The molecular formula is C18H25NO4. The second-order valence-electron chi connectivity index (χ2n) is 6.74. The topological polar surface area (TPSA) is 59.0 Å². The molecule has 0 bridgehead atoms. The van der Waals surface area contributed by atoms with Crippen molar-refractivity contribution in [1.29, 1.82) is 0 Å². The van der Waals surface area contributed by atoms with Crippen LogP contribution in [0.15, 0.2) is 24.3 Å². The van der Waals surface area contributed by atoms with Crippen LogP contribution in [-0.2, 0) is 9.53 Å². The van der Waals surface area contributed by atoms with E-state index in [-0.39, 0.29) is 0 Å². The third-order valence-corrected chi connectivity index (χ3v) is 4.93. The molecule has 2 aliphatic heterocycles. The maximum Gasteiger partial charge on any atom is 0.348 e. The molecule has 1 N–H and O–H groups in total. The highest BCUT2D eigenvalue weighted by Gasteiger charge is 2.44. The molecule has 0 amide bonds. The lowest BCUT2D eigenvalue weighted by molar-refractivity contribution is -0.159. The second-order valence-corrected chi connectivity index (χ2v) is 6.74. The lowest BCUT2D eigenvalue weighted by Gasteiger charge is -2.39. The van der Waals surface area contributed by atoms with Crippen LogP contribution in [-0.4, -0.2) is 54.4 Å². The minimum atomic E-state index is -1.10. The monoisotopic (exact) mass is 319 g/mol. The lowest BCUT2D eigenvalue weighted by Crippen LogP contribution is -2.53. The van der Waals surface area contributed by atoms with E-state index in [1.165, 1.54) is 0 Å². The van der Waals surface area contributed by atoms with Gasteiger partial charge in [0, 0.05) is 39.1 Å². The molecular weight excluding hydrogens is 294 g/mol. The molecule has 5 nitrogen and oxygen atoms in total. The summed E-state index contributed by atoms with van der Waals surface area (Å²) in [6, 6.07) is 7.59. The van der Waals surface area contributed by atoms with Crippen LogP contribution < -0.4 is 4.74 Å². The van der Waals surface area contributed by atoms with Gasteiger partial charge in [0.15, 0.2) is 0 Å². The summed E-state index contributed by atoms with van der Waals surface area (Å²) in [7, 11) is 0. The van der Waals surface area contributed by atoms with E-state index in [9.17, 15) is 9.90 Å². The number of nitrogens with zero attached hydrogens (tertiary/aromatic N) is 1. The van der Waals surface area contributed by atoms with Gasteiger partial charge >= 0.3 is 5.97 Å². The third kappa shape index (κ3) is 3.85. The van der Waals surface area contributed by atoms with E-state index < -0.39 is 11.6 Å². The van der Waals surface area contributed by atoms with Crippen LogP contribution >= 0.6 is 0 Å². The van der Waals surface area contributed by atoms with Crippen molar-refractivity contribution >= 4 is 5.97 Å². The van der Waals surface area contributed by atoms with E-state index in [0.717, 1.165) is 44.8 Å². The molecule has 0 saturated carbocycles. The Morgan fingerprint density at radius 2 is 2.04 bits per heavy atom. The number of aliphatic carboxylic acids is 1. The predicted octanol–water partition coefficient (Wildman–Crippen LogP) is 2.33. The standard InChI is InChI=1S/C18H25NO4/c1-14-2-4-16(5-3-14)23-18(17(20)21)7-9-19(10-8-18)12-15-6-11-22-13-15/h2-5,15H,6-13H2,1H3,(H,20,21)/t15-/m0/s1. The van der Waals surface area contributed by atoms with Gasteiger partial charge in [-0.3, -0.25) is 0 Å². The van der Waals surface area contributed by atoms with Gasteiger partial charge in [0.2, 0.25) is 5.60 Å². The minimum absolute atomic E-state index is 0.518. The number of carboxylic acids is 1. The van der Waals surface area contributed by atoms with Crippen LogP contribution in [0.5, 0.6) is 5.75 Å². The van der Waals surface area contributed by atoms with Crippen molar-refractivity contribution in [3.8, 4) is 5.75 Å². The minimum Gasteiger partial charge on any atom is -0.478 e. The van der Waals surface area contributed by atoms with Crippen molar-refractivity contribution in [1.82, 2.24) is 4.90 Å². The number of likely N-dealkylation sites (tertiary alicyclic amines) is 1. The van der Waals surface area contributed by atoms with Gasteiger partial charge in [0.05, 0.1) is 6.61 Å². The summed E-state index contributed by atoms with van der Waals surface area (Å²) >= 11 is 0. The summed E-state index contributed by atoms with van der Waals surface area (Å²) in [6.45, 7) is 6.21. The number of ether oxygens (including phenoxy) is 2. The molecule has 23 heavy (non-hydrogen) atoms. The Balaban J connectivity index is 1.61. The zero-order valence-electron chi connectivity index (χ0n) is 13.7. The number of carboxylic acid groups (broad SMARTS) is 1. The summed E-state index contributed by atoms with van der Waals surface area (Å²) in [6.07, 6.45) is 2.15. The first-order valence-electron chi connectivity index (χ1n) is 8.37. The van der Waals surface area contributed by atoms with Crippen molar-refractivity contribution in [2.75, 3.05) is 32.8 Å². The number of aryl methyl sites for hydroxylation is 1. The normalized spacial score (nSPS) is 24.5. The lowest BCUT2D eigenvalue weighted by atomic mass is 9.90. The first-order valence-corrected chi connectivity index (χ1v) is 8.37. The fourth-order valence-electron chi connectivity index (χ4n) is 3.38. The molecule has 2 aliphatic rings. The van der Waals surface area contributed by atoms with Crippen molar-refractivity contribution < 1.29 is 19.4 Å². The molecule has 0 unspecified atom stereocenters. The van der Waals surface area contributed by atoms with Crippen molar-refractivity contribution in [3.63, 3.8) is 0 Å². The molecule has 2 heterocycles. The first kappa shape index (κ1) is 16.3. The van der Waals surface area contributed by atoms with Gasteiger partial charge in [0.1, 0.15) is 5.75 Å². The third-order valence-electron chi connectivity index (χ3n) is 4.93. The molecule has 3 rings (SSSR count). The van der Waals surface area contributed by atoms with Crippen LogP contribution in [0.4, 0.5) is 0 Å². The van der Waals surface area contributed by atoms with E-state index >= 15 is 0 Å². The summed E-state index contributed by atoms with van der Waals surface area (Å²) in [4.78, 5) is 14.2. The van der Waals surface area contributed by atoms with Gasteiger partial charge in [-0.15, -0.1) is 0 Å². The van der Waals surface area contributed by atoms with E-state index in [1.54, 1.807) is 0 Å². The highest BCUT2D eigenvalue weighted by molar-refractivity contribution is 5.78. The van der Waals surface area contributed by atoms with Gasteiger partial charge in [-0.25, -0.2) is 4.79 Å². The number of benzene rings is 1. The Bertz CT molecular complexity index is 528. The maximum atomic E-state index is 11.8. The van der Waals surface area contributed by atoms with Crippen LogP contribution in [0.1, 0.15) is 24.8 Å². The molecule has 126 valence electrons. The Morgan fingerprint density at radius 1 is 1.35 bits per heavy atom. The van der Waals surface area contributed by atoms with E-state index in [0.29, 0.717) is 24.5 Å². The predicted molar refractivity (Wildman–Crippen MR) is 86.8 cm³/mol. The van der Waals surface area contributed by atoms with E-state index in [4.69, 9.17) is 9.47 Å². The molecule has 2 fully saturated rings. The number of carbonyl (C=O) groups is 1. The molecule has 2 saturated heterocycles. The summed E-state index contributed by atoms with van der Waals surface area (Å²) in [5, 5.41) is 9.71. The van der Waals surface area contributed by atoms with Gasteiger partial charge in [0.25, 0.3) is 0 Å². The van der Waals surface area contributed by atoms with Crippen molar-refractivity contribution in [2.45, 2.75) is 31.8 Å². The Kier molecular flexibility index (Phi) is 4.87. The average molecular weight is 319 g/mol. The van der Waals surface area contributed by atoms with Gasteiger partial charge in [-0.05, 0) is 31.4 Å². The molecule has 1 aromatic rings. The molecule has 5 heteroatoms. The summed E-state index contributed by atoms with van der Waals surface area (Å²) in [5.41, 5.74) is 0.0353. The van der Waals surface area contributed by atoms with E-state index in [1.807, 2.05) is 31.2 Å². The van der Waals surface area contributed by atoms with Crippen LogP contribution in [0.3, 0.4) is 0 Å². The van der Waals surface area contributed by atoms with Gasteiger partial charge in [-0.2, -0.15) is 0 Å².